The summed E-state index contributed by atoms with van der Waals surface area (Å²) in [4.78, 5) is 36.8. The van der Waals surface area contributed by atoms with Gasteiger partial charge in [0.05, 0.1) is 5.56 Å². The highest BCUT2D eigenvalue weighted by Gasteiger charge is 2.26. The first-order chi connectivity index (χ1) is 13.4. The number of ether oxygens (including phenoxy) is 2. The van der Waals surface area contributed by atoms with Crippen LogP contribution in [-0.2, 0) is 27.2 Å². The lowest BCUT2D eigenvalue weighted by atomic mass is 10.1. The number of amides is 2. The number of hydrogen-bond acceptors (Lipinski definition) is 6. The lowest BCUT2D eigenvalue weighted by Crippen LogP contribution is -2.24. The first-order valence-corrected chi connectivity index (χ1v) is 9.77. The van der Waals surface area contributed by atoms with Crippen LogP contribution in [0.15, 0.2) is 18.2 Å². The van der Waals surface area contributed by atoms with Crippen molar-refractivity contribution in [3.63, 3.8) is 0 Å². The van der Waals surface area contributed by atoms with E-state index in [0.717, 1.165) is 40.8 Å². The van der Waals surface area contributed by atoms with E-state index in [-0.39, 0.29) is 6.61 Å². The Morgan fingerprint density at radius 3 is 2.71 bits per heavy atom. The summed E-state index contributed by atoms with van der Waals surface area (Å²) in [7, 11) is 0. The molecule has 2 amide bonds. The summed E-state index contributed by atoms with van der Waals surface area (Å²) in [6.07, 6.45) is 2.64. The number of esters is 1. The summed E-state index contributed by atoms with van der Waals surface area (Å²) in [6.45, 7) is 3.09. The van der Waals surface area contributed by atoms with E-state index < -0.39 is 24.4 Å². The van der Waals surface area contributed by atoms with Gasteiger partial charge in [0.1, 0.15) is 10.8 Å². The minimum Gasteiger partial charge on any atom is -0.482 e. The number of nitrogens with one attached hydrogen (secondary N) is 1. The van der Waals surface area contributed by atoms with Gasteiger partial charge in [-0.25, -0.2) is 4.79 Å². The van der Waals surface area contributed by atoms with Crippen molar-refractivity contribution in [2.45, 2.75) is 33.1 Å². The minimum atomic E-state index is -0.653. The van der Waals surface area contributed by atoms with Gasteiger partial charge in [-0.15, -0.1) is 11.3 Å². The van der Waals surface area contributed by atoms with Crippen molar-refractivity contribution in [3.05, 3.63) is 45.3 Å². The molecule has 0 saturated heterocycles. The molecule has 148 valence electrons. The molecule has 1 aromatic heterocycles. The maximum absolute atomic E-state index is 12.1. The molecular formula is C20H22N2O5S. The van der Waals surface area contributed by atoms with Crippen molar-refractivity contribution in [2.24, 2.45) is 5.73 Å². The number of benzene rings is 1. The standard InChI is InChI=1S/C20H22N2O5S/c1-11-5-3-7-14(12(11)2)26-10-17(24)27-9-16(23)22-20-18(19(21)25)13-6-4-8-15(13)28-20/h3,5,7H,4,6,8-10H2,1-2H3,(H2,21,25)(H,22,23). The monoisotopic (exact) mass is 402 g/mol. The van der Waals surface area contributed by atoms with E-state index in [1.807, 2.05) is 26.0 Å². The van der Waals surface area contributed by atoms with Crippen LogP contribution in [0, 0.1) is 13.8 Å². The van der Waals surface area contributed by atoms with Gasteiger partial charge in [-0.3, -0.25) is 9.59 Å². The van der Waals surface area contributed by atoms with E-state index in [1.54, 1.807) is 6.07 Å². The number of rotatable bonds is 7. The van der Waals surface area contributed by atoms with Crippen LogP contribution in [0.25, 0.3) is 0 Å². The number of primary amides is 1. The van der Waals surface area contributed by atoms with E-state index in [9.17, 15) is 14.4 Å². The van der Waals surface area contributed by atoms with Crippen molar-refractivity contribution in [3.8, 4) is 5.75 Å². The molecule has 1 aliphatic rings. The molecule has 0 radical (unpaired) electrons. The summed E-state index contributed by atoms with van der Waals surface area (Å²) >= 11 is 1.35. The minimum absolute atomic E-state index is 0.294. The fraction of sp³-hybridized carbons (Fsp3) is 0.350. The van der Waals surface area contributed by atoms with Crippen LogP contribution in [0.4, 0.5) is 5.00 Å². The third-order valence-electron chi connectivity index (χ3n) is 4.69. The Labute approximate surface area is 166 Å². The van der Waals surface area contributed by atoms with Crippen molar-refractivity contribution in [1.29, 1.82) is 0 Å². The highest BCUT2D eigenvalue weighted by Crippen LogP contribution is 2.38. The van der Waals surface area contributed by atoms with Gasteiger partial charge in [-0.05, 0) is 55.9 Å². The molecule has 2 aromatic rings. The number of thiophene rings is 1. The van der Waals surface area contributed by atoms with Crippen LogP contribution in [0.1, 0.15) is 38.3 Å². The van der Waals surface area contributed by atoms with Crippen molar-refractivity contribution < 1.29 is 23.9 Å². The zero-order chi connectivity index (χ0) is 20.3. The van der Waals surface area contributed by atoms with Gasteiger partial charge < -0.3 is 20.5 Å². The quantitative estimate of drug-likeness (QED) is 0.692. The fourth-order valence-corrected chi connectivity index (χ4v) is 4.43. The van der Waals surface area contributed by atoms with Gasteiger partial charge in [-0.2, -0.15) is 0 Å². The van der Waals surface area contributed by atoms with Crippen molar-refractivity contribution in [2.75, 3.05) is 18.5 Å². The van der Waals surface area contributed by atoms with Crippen LogP contribution in [0.3, 0.4) is 0 Å². The predicted molar refractivity (Wildman–Crippen MR) is 106 cm³/mol. The highest BCUT2D eigenvalue weighted by atomic mass is 32.1. The lowest BCUT2D eigenvalue weighted by Gasteiger charge is -2.11. The molecule has 1 aliphatic carbocycles. The first-order valence-electron chi connectivity index (χ1n) is 8.95. The molecule has 1 heterocycles. The molecular weight excluding hydrogens is 380 g/mol. The lowest BCUT2D eigenvalue weighted by molar-refractivity contribution is -0.149. The Morgan fingerprint density at radius 2 is 1.96 bits per heavy atom. The zero-order valence-electron chi connectivity index (χ0n) is 15.8. The number of hydrogen-bond donors (Lipinski definition) is 2. The Bertz CT molecular complexity index is 935. The van der Waals surface area contributed by atoms with Crippen molar-refractivity contribution in [1.82, 2.24) is 0 Å². The Hall–Kier alpha value is -2.87. The van der Waals surface area contributed by atoms with Gasteiger partial charge in [0.25, 0.3) is 11.8 Å². The number of nitrogens with two attached hydrogens (primary N) is 1. The van der Waals surface area contributed by atoms with Crippen LogP contribution >= 0.6 is 11.3 Å². The SMILES string of the molecule is Cc1cccc(OCC(=O)OCC(=O)Nc2sc3c(c2C(N)=O)CCC3)c1C. The number of carbonyl (C=O) groups excluding carboxylic acids is 3. The Morgan fingerprint density at radius 1 is 1.18 bits per heavy atom. The van der Waals surface area contributed by atoms with E-state index >= 15 is 0 Å². The van der Waals surface area contributed by atoms with Crippen LogP contribution in [0.2, 0.25) is 0 Å². The highest BCUT2D eigenvalue weighted by molar-refractivity contribution is 7.17. The van der Waals surface area contributed by atoms with Gasteiger partial charge in [-0.1, -0.05) is 12.1 Å². The summed E-state index contributed by atoms with van der Waals surface area (Å²) < 4.78 is 10.4. The van der Waals surface area contributed by atoms with E-state index in [0.29, 0.717) is 16.3 Å². The Kier molecular flexibility index (Phi) is 5.99. The number of aryl methyl sites for hydroxylation is 2. The molecule has 3 rings (SSSR count). The van der Waals surface area contributed by atoms with Crippen molar-refractivity contribution >= 4 is 34.1 Å². The number of anilines is 1. The third-order valence-corrected chi connectivity index (χ3v) is 5.89. The zero-order valence-corrected chi connectivity index (χ0v) is 16.6. The molecule has 3 N–H and O–H groups in total. The molecule has 0 aliphatic heterocycles. The average molecular weight is 402 g/mol. The molecule has 0 atom stereocenters. The molecule has 28 heavy (non-hydrogen) atoms. The van der Waals surface area contributed by atoms with Gasteiger partial charge in [0, 0.05) is 4.88 Å². The van der Waals surface area contributed by atoms with E-state index in [2.05, 4.69) is 5.32 Å². The van der Waals surface area contributed by atoms with Crippen LogP contribution in [0.5, 0.6) is 5.75 Å². The van der Waals surface area contributed by atoms with Gasteiger partial charge in [0.15, 0.2) is 13.2 Å². The first kappa shape index (κ1) is 19.9. The normalized spacial score (nSPS) is 12.4. The van der Waals surface area contributed by atoms with E-state index in [1.165, 1.54) is 11.3 Å². The number of carbonyl (C=O) groups is 3. The molecule has 0 unspecified atom stereocenters. The van der Waals surface area contributed by atoms with Gasteiger partial charge >= 0.3 is 5.97 Å². The second-order valence-electron chi connectivity index (χ2n) is 6.62. The van der Waals surface area contributed by atoms with E-state index in [4.69, 9.17) is 15.2 Å². The maximum atomic E-state index is 12.1. The summed E-state index contributed by atoms with van der Waals surface area (Å²) in [5.41, 5.74) is 8.75. The second kappa shape index (κ2) is 8.43. The topological polar surface area (TPSA) is 108 Å². The largest absolute Gasteiger partial charge is 0.482 e. The molecule has 1 aromatic carbocycles. The summed E-state index contributed by atoms with van der Waals surface area (Å²) in [5.74, 6) is -1.14. The third kappa shape index (κ3) is 4.33. The predicted octanol–water partition coefficient (Wildman–Crippen LogP) is 2.51. The van der Waals surface area contributed by atoms with Crippen LogP contribution < -0.4 is 15.8 Å². The number of fused-ring (bicyclic) bond motifs is 1. The molecule has 7 nitrogen and oxygen atoms in total. The summed E-state index contributed by atoms with van der Waals surface area (Å²) in [6, 6.07) is 5.56. The van der Waals surface area contributed by atoms with Gasteiger partial charge in [0.2, 0.25) is 0 Å². The summed E-state index contributed by atoms with van der Waals surface area (Å²) in [5, 5.41) is 3.05. The smallest absolute Gasteiger partial charge is 0.344 e. The molecule has 8 heteroatoms. The maximum Gasteiger partial charge on any atom is 0.344 e. The fourth-order valence-electron chi connectivity index (χ4n) is 3.12. The molecule has 0 spiro atoms. The van der Waals surface area contributed by atoms with Crippen LogP contribution in [-0.4, -0.2) is 31.0 Å². The molecule has 0 saturated carbocycles. The second-order valence-corrected chi connectivity index (χ2v) is 7.73. The Balaban J connectivity index is 1.51. The molecule has 0 fully saturated rings. The molecule has 0 bridgehead atoms. The average Bonchev–Trinajstić information content (AvgIpc) is 3.21.